The molecule has 0 saturated heterocycles. The molecular weight excluding hydrogens is 436 g/mol. The maximum absolute atomic E-state index is 13.2. The zero-order valence-electron chi connectivity index (χ0n) is 18.9. The smallest absolute Gasteiger partial charge is 0.312 e. The monoisotopic (exact) mass is 458 g/mol. The maximum atomic E-state index is 13.2. The summed E-state index contributed by atoms with van der Waals surface area (Å²) in [6.07, 6.45) is 0.0726. The minimum Gasteiger partial charge on any atom is -0.496 e. The molecule has 5 rings (SSSR count). The minimum absolute atomic E-state index is 0.0726. The van der Waals surface area contributed by atoms with Crippen LogP contribution in [0.3, 0.4) is 0 Å². The van der Waals surface area contributed by atoms with Gasteiger partial charge in [0.25, 0.3) is 0 Å². The Balaban J connectivity index is 1.81. The molecule has 0 radical (unpaired) electrons. The van der Waals surface area contributed by atoms with Gasteiger partial charge < -0.3 is 23.4 Å². The third-order valence-corrected chi connectivity index (χ3v) is 6.00. The summed E-state index contributed by atoms with van der Waals surface area (Å²) in [5.41, 5.74) is 2.25. The number of rotatable bonds is 5. The normalized spacial score (nSPS) is 14.9. The van der Waals surface area contributed by atoms with Gasteiger partial charge in [-0.1, -0.05) is 36.4 Å². The van der Waals surface area contributed by atoms with E-state index in [1.54, 1.807) is 26.4 Å². The van der Waals surface area contributed by atoms with Crippen molar-refractivity contribution < 1.29 is 28.2 Å². The Morgan fingerprint density at radius 2 is 1.56 bits per heavy atom. The molecule has 1 atom stereocenters. The van der Waals surface area contributed by atoms with Crippen LogP contribution in [0.2, 0.25) is 0 Å². The highest BCUT2D eigenvalue weighted by atomic mass is 16.5. The lowest BCUT2D eigenvalue weighted by Gasteiger charge is -2.27. The van der Waals surface area contributed by atoms with Crippen LogP contribution < -0.4 is 24.4 Å². The number of esters is 1. The molecule has 3 aromatic carbocycles. The molecule has 1 aliphatic heterocycles. The second kappa shape index (κ2) is 8.59. The summed E-state index contributed by atoms with van der Waals surface area (Å²) in [6, 6.07) is 17.8. The van der Waals surface area contributed by atoms with E-state index in [4.69, 9.17) is 23.4 Å². The zero-order valence-corrected chi connectivity index (χ0v) is 18.9. The number of ether oxygens (including phenoxy) is 4. The van der Waals surface area contributed by atoms with Gasteiger partial charge in [-0.3, -0.25) is 9.59 Å². The lowest BCUT2D eigenvalue weighted by Crippen LogP contribution is -2.22. The predicted octanol–water partition coefficient (Wildman–Crippen LogP) is 4.93. The van der Waals surface area contributed by atoms with Crippen molar-refractivity contribution in [3.63, 3.8) is 0 Å². The van der Waals surface area contributed by atoms with Crippen molar-refractivity contribution in [3.8, 4) is 34.3 Å². The Morgan fingerprint density at radius 3 is 2.26 bits per heavy atom. The summed E-state index contributed by atoms with van der Waals surface area (Å²) in [4.78, 5) is 25.8. The zero-order chi connectivity index (χ0) is 23.8. The van der Waals surface area contributed by atoms with Crippen molar-refractivity contribution in [1.82, 2.24) is 0 Å². The van der Waals surface area contributed by atoms with Gasteiger partial charge in [0.05, 0.1) is 27.8 Å². The van der Waals surface area contributed by atoms with E-state index in [9.17, 15) is 9.59 Å². The molecule has 7 nitrogen and oxygen atoms in total. The number of carbonyl (C=O) groups is 1. The molecule has 0 unspecified atom stereocenters. The van der Waals surface area contributed by atoms with E-state index in [1.807, 2.05) is 42.5 Å². The molecule has 1 aromatic heterocycles. The van der Waals surface area contributed by atoms with Crippen molar-refractivity contribution >= 4 is 16.9 Å². The van der Waals surface area contributed by atoms with Crippen LogP contribution in [0.1, 0.15) is 23.5 Å². The number of carbonyl (C=O) groups excluding carboxylic acids is 1. The summed E-state index contributed by atoms with van der Waals surface area (Å²) in [6.45, 7) is 0. The average Bonchev–Trinajstić information content (AvgIpc) is 2.87. The first-order chi connectivity index (χ1) is 16.5. The SMILES string of the molecule is COc1ccc([C@@H]2CC(=O)Oc3cc(OC)c4c(=O)cc(-c5ccccc5)oc4c32)cc1OC. The van der Waals surface area contributed by atoms with Crippen LogP contribution in [0.5, 0.6) is 23.0 Å². The number of benzene rings is 3. The quantitative estimate of drug-likeness (QED) is 0.310. The number of hydrogen-bond donors (Lipinski definition) is 0. The average molecular weight is 458 g/mol. The topological polar surface area (TPSA) is 84.2 Å². The highest BCUT2D eigenvalue weighted by Crippen LogP contribution is 2.47. The molecule has 2 heterocycles. The Hall–Kier alpha value is -4.26. The lowest BCUT2D eigenvalue weighted by atomic mass is 9.85. The van der Waals surface area contributed by atoms with Crippen LogP contribution in [-0.2, 0) is 4.79 Å². The van der Waals surface area contributed by atoms with Gasteiger partial charge in [0, 0.05) is 29.2 Å². The summed E-state index contributed by atoms with van der Waals surface area (Å²) in [5, 5.41) is 0.296. The molecule has 0 amide bonds. The van der Waals surface area contributed by atoms with Gasteiger partial charge in [0.15, 0.2) is 16.9 Å². The van der Waals surface area contributed by atoms with Crippen molar-refractivity contribution in [3.05, 3.63) is 82.0 Å². The molecule has 34 heavy (non-hydrogen) atoms. The van der Waals surface area contributed by atoms with Crippen molar-refractivity contribution in [1.29, 1.82) is 0 Å². The summed E-state index contributed by atoms with van der Waals surface area (Å²) in [5.74, 6) is 1.27. The van der Waals surface area contributed by atoms with Crippen LogP contribution in [0.15, 0.2) is 69.9 Å². The molecule has 7 heteroatoms. The van der Waals surface area contributed by atoms with E-state index in [2.05, 4.69) is 0 Å². The van der Waals surface area contributed by atoms with Crippen LogP contribution in [0, 0.1) is 0 Å². The van der Waals surface area contributed by atoms with E-state index < -0.39 is 11.9 Å². The number of methoxy groups -OCH3 is 3. The van der Waals surface area contributed by atoms with Crippen molar-refractivity contribution in [2.24, 2.45) is 0 Å². The van der Waals surface area contributed by atoms with Gasteiger partial charge in [-0.2, -0.15) is 0 Å². The van der Waals surface area contributed by atoms with Gasteiger partial charge in [-0.15, -0.1) is 0 Å². The third-order valence-electron chi connectivity index (χ3n) is 6.00. The standard InChI is InChI=1S/C27H22O7/c1-30-19-10-9-16(11-21(19)31-2)17-12-24(29)33-23-14-22(32-3)26-18(28)13-20(34-27(26)25(17)23)15-7-5-4-6-8-15/h4-11,13-14,17H,12H2,1-3H3/t17-/m0/s1. The van der Waals surface area contributed by atoms with Gasteiger partial charge in [0.1, 0.15) is 28.2 Å². The third kappa shape index (κ3) is 3.55. The summed E-state index contributed by atoms with van der Waals surface area (Å²) < 4.78 is 28.2. The highest BCUT2D eigenvalue weighted by molar-refractivity contribution is 5.93. The predicted molar refractivity (Wildman–Crippen MR) is 126 cm³/mol. The maximum Gasteiger partial charge on any atom is 0.312 e. The second-order valence-corrected chi connectivity index (χ2v) is 7.88. The molecule has 0 fully saturated rings. The second-order valence-electron chi connectivity index (χ2n) is 7.88. The molecule has 4 aromatic rings. The lowest BCUT2D eigenvalue weighted by molar-refractivity contribution is -0.135. The first-order valence-electron chi connectivity index (χ1n) is 10.7. The van der Waals surface area contributed by atoms with E-state index in [1.165, 1.54) is 13.2 Å². The van der Waals surface area contributed by atoms with E-state index in [-0.39, 0.29) is 17.6 Å². The molecular formula is C27H22O7. The molecule has 0 saturated carbocycles. The van der Waals surface area contributed by atoms with Crippen molar-refractivity contribution in [2.75, 3.05) is 21.3 Å². The highest BCUT2D eigenvalue weighted by Gasteiger charge is 2.34. The molecule has 172 valence electrons. The fourth-order valence-electron chi connectivity index (χ4n) is 4.40. The molecule has 0 spiro atoms. The van der Waals surface area contributed by atoms with Gasteiger partial charge in [-0.25, -0.2) is 0 Å². The van der Waals surface area contributed by atoms with Crippen LogP contribution in [-0.4, -0.2) is 27.3 Å². The minimum atomic E-state index is -0.432. The molecule has 0 aliphatic carbocycles. The number of fused-ring (bicyclic) bond motifs is 3. The van der Waals surface area contributed by atoms with Crippen LogP contribution in [0.4, 0.5) is 0 Å². The summed E-state index contributed by atoms with van der Waals surface area (Å²) in [7, 11) is 4.57. The fourth-order valence-corrected chi connectivity index (χ4v) is 4.40. The summed E-state index contributed by atoms with van der Waals surface area (Å²) >= 11 is 0. The Labute approximate surface area is 195 Å². The molecule has 0 N–H and O–H groups in total. The first-order valence-corrected chi connectivity index (χ1v) is 10.7. The molecule has 0 bridgehead atoms. The van der Waals surface area contributed by atoms with Gasteiger partial charge >= 0.3 is 5.97 Å². The van der Waals surface area contributed by atoms with Gasteiger partial charge in [0.2, 0.25) is 0 Å². The Bertz CT molecular complexity index is 1450. The number of hydrogen-bond acceptors (Lipinski definition) is 7. The van der Waals surface area contributed by atoms with Crippen LogP contribution >= 0.6 is 0 Å². The Morgan fingerprint density at radius 1 is 0.824 bits per heavy atom. The molecule has 1 aliphatic rings. The van der Waals surface area contributed by atoms with E-state index in [0.29, 0.717) is 39.5 Å². The van der Waals surface area contributed by atoms with Gasteiger partial charge in [-0.05, 0) is 17.7 Å². The van der Waals surface area contributed by atoms with E-state index >= 15 is 0 Å². The Kier molecular flexibility index (Phi) is 5.45. The van der Waals surface area contributed by atoms with E-state index in [0.717, 1.165) is 11.1 Å². The fraction of sp³-hybridized carbons (Fsp3) is 0.185. The van der Waals surface area contributed by atoms with Crippen LogP contribution in [0.25, 0.3) is 22.3 Å². The largest absolute Gasteiger partial charge is 0.496 e. The van der Waals surface area contributed by atoms with Crippen molar-refractivity contribution in [2.45, 2.75) is 12.3 Å². The first kappa shape index (κ1) is 21.6.